The summed E-state index contributed by atoms with van der Waals surface area (Å²) in [5, 5.41) is 2.55. The second-order valence-electron chi connectivity index (χ2n) is 3.83. The lowest BCUT2D eigenvalue weighted by Crippen LogP contribution is -2.26. The average Bonchev–Trinajstić information content (AvgIpc) is 2.95. The number of anilines is 1. The summed E-state index contributed by atoms with van der Waals surface area (Å²) >= 11 is 6.94. The van der Waals surface area contributed by atoms with E-state index in [9.17, 15) is 4.79 Å². The molecule has 0 aliphatic carbocycles. The van der Waals surface area contributed by atoms with E-state index in [-0.39, 0.29) is 11.8 Å². The highest BCUT2D eigenvalue weighted by atomic mass is 35.5. The fourth-order valence-electron chi connectivity index (χ4n) is 1.51. The Hall–Kier alpha value is -1.59. The van der Waals surface area contributed by atoms with Crippen LogP contribution in [-0.2, 0) is 4.79 Å². The Balaban J connectivity index is 2.22. The summed E-state index contributed by atoms with van der Waals surface area (Å²) in [6.07, 6.45) is 0. The molecule has 0 spiro atoms. The summed E-state index contributed by atoms with van der Waals surface area (Å²) in [4.78, 5) is 17.4. The van der Waals surface area contributed by atoms with Crippen LogP contribution in [0.15, 0.2) is 29.6 Å². The SMILES string of the molecule is COc1ccc(-c2csc(N(C)C(=O)CCl)n2)cc1. The van der Waals surface area contributed by atoms with Gasteiger partial charge >= 0.3 is 0 Å². The lowest BCUT2D eigenvalue weighted by molar-refractivity contribution is -0.116. The van der Waals surface area contributed by atoms with E-state index in [1.54, 1.807) is 14.2 Å². The van der Waals surface area contributed by atoms with Gasteiger partial charge in [-0.3, -0.25) is 9.69 Å². The summed E-state index contributed by atoms with van der Waals surface area (Å²) in [7, 11) is 3.30. The van der Waals surface area contributed by atoms with Crippen molar-refractivity contribution in [3.63, 3.8) is 0 Å². The number of carbonyl (C=O) groups excluding carboxylic acids is 1. The lowest BCUT2D eigenvalue weighted by Gasteiger charge is -2.10. The molecule has 0 N–H and O–H groups in total. The van der Waals surface area contributed by atoms with Gasteiger partial charge in [0, 0.05) is 18.0 Å². The van der Waals surface area contributed by atoms with E-state index in [2.05, 4.69) is 4.98 Å². The highest BCUT2D eigenvalue weighted by Crippen LogP contribution is 2.28. The van der Waals surface area contributed by atoms with E-state index < -0.39 is 0 Å². The maximum atomic E-state index is 11.5. The van der Waals surface area contributed by atoms with Crippen LogP contribution in [-0.4, -0.2) is 30.9 Å². The number of alkyl halides is 1. The number of aromatic nitrogens is 1. The predicted octanol–water partition coefficient (Wildman–Crippen LogP) is 3.02. The highest BCUT2D eigenvalue weighted by molar-refractivity contribution is 7.14. The minimum Gasteiger partial charge on any atom is -0.497 e. The van der Waals surface area contributed by atoms with Crippen molar-refractivity contribution in [1.29, 1.82) is 0 Å². The minimum atomic E-state index is -0.169. The van der Waals surface area contributed by atoms with Gasteiger partial charge in [-0.15, -0.1) is 22.9 Å². The number of halogens is 1. The summed E-state index contributed by atoms with van der Waals surface area (Å²) in [5.74, 6) is 0.583. The zero-order chi connectivity index (χ0) is 13.8. The van der Waals surface area contributed by atoms with Gasteiger partial charge in [0.15, 0.2) is 5.13 Å². The van der Waals surface area contributed by atoms with E-state index in [4.69, 9.17) is 16.3 Å². The molecule has 0 radical (unpaired) electrons. The molecule has 6 heteroatoms. The summed E-state index contributed by atoms with van der Waals surface area (Å²) in [6.45, 7) is 0. The van der Waals surface area contributed by atoms with Gasteiger partial charge in [0.1, 0.15) is 11.6 Å². The smallest absolute Gasteiger partial charge is 0.243 e. The first-order valence-corrected chi connectivity index (χ1v) is 6.99. The van der Waals surface area contributed by atoms with Crippen LogP contribution in [0.25, 0.3) is 11.3 Å². The summed E-state index contributed by atoms with van der Waals surface area (Å²) in [5.41, 5.74) is 1.81. The van der Waals surface area contributed by atoms with Gasteiger partial charge < -0.3 is 4.74 Å². The van der Waals surface area contributed by atoms with Crippen LogP contribution >= 0.6 is 22.9 Å². The Kier molecular flexibility index (Phi) is 4.39. The first-order valence-electron chi connectivity index (χ1n) is 5.58. The van der Waals surface area contributed by atoms with Crippen molar-refractivity contribution in [2.45, 2.75) is 0 Å². The molecule has 0 saturated heterocycles. The molecular weight excluding hydrogens is 284 g/mol. The van der Waals surface area contributed by atoms with Crippen molar-refractivity contribution < 1.29 is 9.53 Å². The molecule has 100 valence electrons. The number of rotatable bonds is 4. The molecule has 1 heterocycles. The van der Waals surface area contributed by atoms with Gasteiger partial charge in [-0.25, -0.2) is 4.98 Å². The van der Waals surface area contributed by atoms with Crippen LogP contribution in [0.1, 0.15) is 0 Å². The molecule has 0 aliphatic rings. The standard InChI is InChI=1S/C13H13ClN2O2S/c1-16(12(17)7-14)13-15-11(8-19-13)9-3-5-10(18-2)6-4-9/h3-6,8H,7H2,1-2H3. The van der Waals surface area contributed by atoms with Crippen molar-refractivity contribution in [2.75, 3.05) is 24.9 Å². The normalized spacial score (nSPS) is 10.3. The fraction of sp³-hybridized carbons (Fsp3) is 0.231. The molecule has 1 amide bonds. The zero-order valence-corrected chi connectivity index (χ0v) is 12.2. The molecule has 0 fully saturated rings. The largest absolute Gasteiger partial charge is 0.497 e. The maximum absolute atomic E-state index is 11.5. The van der Waals surface area contributed by atoms with Crippen LogP contribution in [0.4, 0.5) is 5.13 Å². The highest BCUT2D eigenvalue weighted by Gasteiger charge is 2.14. The van der Waals surface area contributed by atoms with E-state index >= 15 is 0 Å². The third-order valence-electron chi connectivity index (χ3n) is 2.65. The van der Waals surface area contributed by atoms with Crippen LogP contribution in [0.3, 0.4) is 0 Å². The van der Waals surface area contributed by atoms with Gasteiger partial charge in [-0.1, -0.05) is 0 Å². The number of amides is 1. The number of ether oxygens (including phenoxy) is 1. The number of hydrogen-bond donors (Lipinski definition) is 0. The zero-order valence-electron chi connectivity index (χ0n) is 10.6. The Labute approximate surface area is 120 Å². The Morgan fingerprint density at radius 3 is 2.68 bits per heavy atom. The monoisotopic (exact) mass is 296 g/mol. The van der Waals surface area contributed by atoms with Gasteiger partial charge in [0.2, 0.25) is 5.91 Å². The number of hydrogen-bond acceptors (Lipinski definition) is 4. The number of benzene rings is 1. The fourth-order valence-corrected chi connectivity index (χ4v) is 2.51. The third kappa shape index (κ3) is 3.05. The molecule has 2 rings (SSSR count). The van der Waals surface area contributed by atoms with E-state index in [1.807, 2.05) is 29.6 Å². The molecule has 0 atom stereocenters. The Morgan fingerprint density at radius 2 is 2.11 bits per heavy atom. The van der Waals surface area contributed by atoms with E-state index in [1.165, 1.54) is 16.2 Å². The van der Waals surface area contributed by atoms with Crippen molar-refractivity contribution in [3.05, 3.63) is 29.6 Å². The average molecular weight is 297 g/mol. The molecule has 0 saturated carbocycles. The molecule has 1 aromatic carbocycles. The maximum Gasteiger partial charge on any atom is 0.243 e. The first-order chi connectivity index (χ1) is 9.15. The molecule has 0 bridgehead atoms. The Bertz CT molecular complexity index is 568. The topological polar surface area (TPSA) is 42.4 Å². The van der Waals surface area contributed by atoms with Gasteiger partial charge in [0.25, 0.3) is 0 Å². The van der Waals surface area contributed by atoms with E-state index in [0.717, 1.165) is 17.0 Å². The third-order valence-corrected chi connectivity index (χ3v) is 3.80. The molecule has 0 unspecified atom stereocenters. The quantitative estimate of drug-likeness (QED) is 0.815. The molecule has 1 aromatic heterocycles. The Morgan fingerprint density at radius 1 is 1.42 bits per heavy atom. The second kappa shape index (κ2) is 6.04. The molecule has 0 aliphatic heterocycles. The number of methoxy groups -OCH3 is 1. The van der Waals surface area contributed by atoms with Crippen molar-refractivity contribution in [3.8, 4) is 17.0 Å². The van der Waals surface area contributed by atoms with Crippen molar-refractivity contribution in [1.82, 2.24) is 4.98 Å². The minimum absolute atomic E-state index is 0.0477. The second-order valence-corrected chi connectivity index (χ2v) is 4.93. The number of thiazole rings is 1. The van der Waals surface area contributed by atoms with Crippen molar-refractivity contribution >= 4 is 34.0 Å². The van der Waals surface area contributed by atoms with Crippen molar-refractivity contribution in [2.24, 2.45) is 0 Å². The number of nitrogens with zero attached hydrogens (tertiary/aromatic N) is 2. The molecule has 4 nitrogen and oxygen atoms in total. The van der Waals surface area contributed by atoms with Crippen LogP contribution in [0.5, 0.6) is 5.75 Å². The summed E-state index contributed by atoms with van der Waals surface area (Å²) < 4.78 is 5.11. The van der Waals surface area contributed by atoms with Crippen LogP contribution in [0.2, 0.25) is 0 Å². The first kappa shape index (κ1) is 13.8. The van der Waals surface area contributed by atoms with Gasteiger partial charge in [-0.2, -0.15) is 0 Å². The molecule has 19 heavy (non-hydrogen) atoms. The van der Waals surface area contributed by atoms with Crippen LogP contribution in [0, 0.1) is 0 Å². The molecule has 2 aromatic rings. The van der Waals surface area contributed by atoms with Gasteiger partial charge in [-0.05, 0) is 24.3 Å². The predicted molar refractivity (Wildman–Crippen MR) is 78.2 cm³/mol. The number of carbonyl (C=O) groups is 1. The van der Waals surface area contributed by atoms with E-state index in [0.29, 0.717) is 5.13 Å². The van der Waals surface area contributed by atoms with Crippen LogP contribution < -0.4 is 9.64 Å². The summed E-state index contributed by atoms with van der Waals surface area (Å²) in [6, 6.07) is 7.62. The van der Waals surface area contributed by atoms with Gasteiger partial charge in [0.05, 0.1) is 12.8 Å². The molecular formula is C13H13ClN2O2S. The lowest BCUT2D eigenvalue weighted by atomic mass is 10.2.